The highest BCUT2D eigenvalue weighted by molar-refractivity contribution is 8.00. The van der Waals surface area contributed by atoms with Crippen LogP contribution in [-0.4, -0.2) is 44.9 Å². The number of ether oxygens (including phenoxy) is 2. The second-order valence-electron chi connectivity index (χ2n) is 6.36. The third-order valence-electron chi connectivity index (χ3n) is 4.47. The van der Waals surface area contributed by atoms with Crippen LogP contribution >= 0.6 is 11.8 Å². The second kappa shape index (κ2) is 7.91. The first-order chi connectivity index (χ1) is 12.5. The Morgan fingerprint density at radius 1 is 1.08 bits per heavy atom. The molecule has 0 bridgehead atoms. The van der Waals surface area contributed by atoms with Gasteiger partial charge in [-0.05, 0) is 35.4 Å². The van der Waals surface area contributed by atoms with Crippen molar-refractivity contribution in [1.82, 2.24) is 4.90 Å². The highest BCUT2D eigenvalue weighted by Crippen LogP contribution is 2.42. The summed E-state index contributed by atoms with van der Waals surface area (Å²) in [5.41, 5.74) is 3.31. The van der Waals surface area contributed by atoms with E-state index in [4.69, 9.17) is 9.47 Å². The lowest BCUT2D eigenvalue weighted by Crippen LogP contribution is -2.27. The summed E-state index contributed by atoms with van der Waals surface area (Å²) >= 11 is 1.64. The van der Waals surface area contributed by atoms with Crippen LogP contribution in [-0.2, 0) is 11.3 Å². The van der Waals surface area contributed by atoms with Crippen molar-refractivity contribution in [3.05, 3.63) is 53.6 Å². The zero-order valence-electron chi connectivity index (χ0n) is 15.6. The Bertz CT molecular complexity index is 777. The molecule has 1 aliphatic heterocycles. The monoisotopic (exact) mass is 372 g/mol. The van der Waals surface area contributed by atoms with E-state index >= 15 is 0 Å². The molecule has 6 heteroatoms. The summed E-state index contributed by atoms with van der Waals surface area (Å²) in [5.74, 6) is 2.03. The van der Waals surface area contributed by atoms with Gasteiger partial charge in [-0.3, -0.25) is 4.79 Å². The standard InChI is InChI=1S/C20H24N2O3S/c1-21(2)16-8-5-14(6-9-16)12-22-19(23)13-26-20(22)15-7-10-17(24-3)18(11-15)25-4/h5-11,20H,12-13H2,1-4H3. The van der Waals surface area contributed by atoms with Crippen LogP contribution in [0, 0.1) is 0 Å². The van der Waals surface area contributed by atoms with Crippen molar-refractivity contribution in [3.63, 3.8) is 0 Å². The van der Waals surface area contributed by atoms with E-state index in [1.807, 2.05) is 37.2 Å². The van der Waals surface area contributed by atoms with Crippen LogP contribution in [0.1, 0.15) is 16.5 Å². The fourth-order valence-electron chi connectivity index (χ4n) is 3.00. The van der Waals surface area contributed by atoms with Gasteiger partial charge in [0.05, 0.1) is 20.0 Å². The molecule has 2 aromatic carbocycles. The number of carbonyl (C=O) groups is 1. The zero-order valence-corrected chi connectivity index (χ0v) is 16.4. The largest absolute Gasteiger partial charge is 0.493 e. The van der Waals surface area contributed by atoms with Crippen molar-refractivity contribution < 1.29 is 14.3 Å². The maximum Gasteiger partial charge on any atom is 0.234 e. The number of methoxy groups -OCH3 is 2. The van der Waals surface area contributed by atoms with Crippen molar-refractivity contribution in [2.75, 3.05) is 39.0 Å². The predicted octanol–water partition coefficient (Wildman–Crippen LogP) is 3.54. The third-order valence-corrected chi connectivity index (χ3v) is 5.72. The number of carbonyl (C=O) groups excluding carboxylic acids is 1. The Balaban J connectivity index is 1.82. The summed E-state index contributed by atoms with van der Waals surface area (Å²) in [7, 11) is 7.28. The Labute approximate surface area is 158 Å². The van der Waals surface area contributed by atoms with Gasteiger partial charge in [0, 0.05) is 26.3 Å². The van der Waals surface area contributed by atoms with Crippen LogP contribution in [0.2, 0.25) is 0 Å². The van der Waals surface area contributed by atoms with Crippen LogP contribution in [0.5, 0.6) is 11.5 Å². The molecule has 3 rings (SSSR count). The van der Waals surface area contributed by atoms with Gasteiger partial charge in [-0.2, -0.15) is 0 Å². The number of hydrogen-bond donors (Lipinski definition) is 0. The molecule has 1 saturated heterocycles. The molecule has 138 valence electrons. The van der Waals surface area contributed by atoms with Crippen molar-refractivity contribution in [2.45, 2.75) is 11.9 Å². The molecule has 2 aromatic rings. The van der Waals surface area contributed by atoms with Gasteiger partial charge in [0.2, 0.25) is 5.91 Å². The lowest BCUT2D eigenvalue weighted by atomic mass is 10.1. The Morgan fingerprint density at radius 2 is 1.77 bits per heavy atom. The first-order valence-corrected chi connectivity index (χ1v) is 9.47. The van der Waals surface area contributed by atoms with Gasteiger partial charge < -0.3 is 19.3 Å². The highest BCUT2D eigenvalue weighted by atomic mass is 32.2. The topological polar surface area (TPSA) is 42.0 Å². The molecule has 1 unspecified atom stereocenters. The Kier molecular flexibility index (Phi) is 5.61. The molecule has 26 heavy (non-hydrogen) atoms. The average Bonchev–Trinajstić information content (AvgIpc) is 3.02. The van der Waals surface area contributed by atoms with Gasteiger partial charge >= 0.3 is 0 Å². The fraction of sp³-hybridized carbons (Fsp3) is 0.350. The molecule has 0 saturated carbocycles. The van der Waals surface area contributed by atoms with Crippen molar-refractivity contribution in [1.29, 1.82) is 0 Å². The van der Waals surface area contributed by atoms with Crippen LogP contribution in [0.3, 0.4) is 0 Å². The number of hydrogen-bond acceptors (Lipinski definition) is 5. The SMILES string of the molecule is COc1ccc(C2SCC(=O)N2Cc2ccc(N(C)C)cc2)cc1OC. The summed E-state index contributed by atoms with van der Waals surface area (Å²) in [6.07, 6.45) is 0. The maximum atomic E-state index is 12.5. The van der Waals surface area contributed by atoms with Crippen molar-refractivity contribution >= 4 is 23.4 Å². The van der Waals surface area contributed by atoms with Gasteiger partial charge in [0.15, 0.2) is 11.5 Å². The van der Waals surface area contributed by atoms with Crippen LogP contribution in [0.25, 0.3) is 0 Å². The van der Waals surface area contributed by atoms with Gasteiger partial charge in [0.1, 0.15) is 5.37 Å². The number of benzene rings is 2. The van der Waals surface area contributed by atoms with Gasteiger partial charge in [-0.25, -0.2) is 0 Å². The Morgan fingerprint density at radius 3 is 2.38 bits per heavy atom. The minimum Gasteiger partial charge on any atom is -0.493 e. The smallest absolute Gasteiger partial charge is 0.234 e. The minimum absolute atomic E-state index is 0.0177. The molecular formula is C20H24N2O3S. The molecule has 1 fully saturated rings. The van der Waals surface area contributed by atoms with E-state index < -0.39 is 0 Å². The molecular weight excluding hydrogens is 348 g/mol. The van der Waals surface area contributed by atoms with Gasteiger partial charge in [0.25, 0.3) is 0 Å². The van der Waals surface area contributed by atoms with E-state index in [0.29, 0.717) is 23.8 Å². The summed E-state index contributed by atoms with van der Waals surface area (Å²) in [6.45, 7) is 0.596. The van der Waals surface area contributed by atoms with E-state index in [0.717, 1.165) is 16.8 Å². The summed E-state index contributed by atoms with van der Waals surface area (Å²) in [6, 6.07) is 14.2. The zero-order chi connectivity index (χ0) is 18.7. The van der Waals surface area contributed by atoms with E-state index in [2.05, 4.69) is 29.2 Å². The molecule has 0 radical (unpaired) electrons. The van der Waals surface area contributed by atoms with E-state index in [9.17, 15) is 4.79 Å². The molecule has 1 aliphatic rings. The van der Waals surface area contributed by atoms with Crippen molar-refractivity contribution in [2.24, 2.45) is 0 Å². The van der Waals surface area contributed by atoms with Crippen LogP contribution in [0.15, 0.2) is 42.5 Å². The Hall–Kier alpha value is -2.34. The number of amides is 1. The average molecular weight is 372 g/mol. The number of rotatable bonds is 6. The molecule has 0 aromatic heterocycles. The first kappa shape index (κ1) is 18.5. The van der Waals surface area contributed by atoms with Gasteiger partial charge in [-0.15, -0.1) is 11.8 Å². The molecule has 0 aliphatic carbocycles. The highest BCUT2D eigenvalue weighted by Gasteiger charge is 2.33. The summed E-state index contributed by atoms with van der Waals surface area (Å²) < 4.78 is 10.7. The third kappa shape index (κ3) is 3.75. The number of anilines is 1. The number of thioether (sulfide) groups is 1. The summed E-state index contributed by atoms with van der Waals surface area (Å²) in [5, 5.41) is -0.0177. The van der Waals surface area contributed by atoms with Gasteiger partial charge in [-0.1, -0.05) is 18.2 Å². The summed E-state index contributed by atoms with van der Waals surface area (Å²) in [4.78, 5) is 16.4. The quantitative estimate of drug-likeness (QED) is 0.776. The fourth-order valence-corrected chi connectivity index (χ4v) is 4.18. The molecule has 1 amide bonds. The van der Waals surface area contributed by atoms with Crippen LogP contribution in [0.4, 0.5) is 5.69 Å². The molecule has 1 heterocycles. The molecule has 0 spiro atoms. The minimum atomic E-state index is -0.0177. The van der Waals surface area contributed by atoms with E-state index in [1.54, 1.807) is 26.0 Å². The van der Waals surface area contributed by atoms with E-state index in [-0.39, 0.29) is 11.3 Å². The second-order valence-corrected chi connectivity index (χ2v) is 7.43. The van der Waals surface area contributed by atoms with Crippen LogP contribution < -0.4 is 14.4 Å². The maximum absolute atomic E-state index is 12.5. The van der Waals surface area contributed by atoms with E-state index in [1.165, 1.54) is 0 Å². The number of nitrogens with zero attached hydrogens (tertiary/aromatic N) is 2. The lowest BCUT2D eigenvalue weighted by molar-refractivity contribution is -0.128. The molecule has 5 nitrogen and oxygen atoms in total. The first-order valence-electron chi connectivity index (χ1n) is 8.42. The lowest BCUT2D eigenvalue weighted by Gasteiger charge is -2.25. The molecule has 1 atom stereocenters. The molecule has 0 N–H and O–H groups in total. The predicted molar refractivity (Wildman–Crippen MR) is 106 cm³/mol. The van der Waals surface area contributed by atoms with Crippen molar-refractivity contribution in [3.8, 4) is 11.5 Å². The normalized spacial score (nSPS) is 16.7.